The minimum Gasteiger partial charge on any atom is -0.497 e. The zero-order valence-corrected chi connectivity index (χ0v) is 86.0. The van der Waals surface area contributed by atoms with Gasteiger partial charge in [0, 0.05) is 95.2 Å². The Morgan fingerprint density at radius 3 is 0.992 bits per heavy atom. The van der Waals surface area contributed by atoms with E-state index in [1.807, 2.05) is 113 Å². The van der Waals surface area contributed by atoms with Gasteiger partial charge in [-0.25, -0.2) is 14.4 Å². The van der Waals surface area contributed by atoms with E-state index < -0.39 is 86.6 Å². The van der Waals surface area contributed by atoms with E-state index in [-0.39, 0.29) is 25.7 Å². The molecule has 0 spiro atoms. The van der Waals surface area contributed by atoms with Crippen LogP contribution in [0.5, 0.6) is 17.2 Å². The van der Waals surface area contributed by atoms with E-state index in [0.717, 1.165) is 91.6 Å². The van der Waals surface area contributed by atoms with Gasteiger partial charge in [-0.1, -0.05) is 114 Å². The smallest absolute Gasteiger partial charge is 0.408 e. The fourth-order valence-corrected chi connectivity index (χ4v) is 13.8. The van der Waals surface area contributed by atoms with Crippen LogP contribution >= 0.6 is 108 Å². The number of aromatic nitrogens is 6. The molecule has 702 valence electrons. The van der Waals surface area contributed by atoms with Crippen LogP contribution in [0.4, 0.5) is 40.7 Å². The Hall–Kier alpha value is -9.01. The third kappa shape index (κ3) is 42.4. The van der Waals surface area contributed by atoms with Gasteiger partial charge in [-0.05, 0) is 282 Å². The first kappa shape index (κ1) is 114. The van der Waals surface area contributed by atoms with Gasteiger partial charge < -0.3 is 70.9 Å². The summed E-state index contributed by atoms with van der Waals surface area (Å²) in [7, 11) is 4.82. The van der Waals surface area contributed by atoms with Crippen LogP contribution in [0.2, 0.25) is 0 Å². The number of hydrogen-bond acceptors (Lipinski definition) is 19. The molecule has 23 nitrogen and oxygen atoms in total. The van der Waals surface area contributed by atoms with Crippen molar-refractivity contribution in [2.45, 2.75) is 212 Å². The number of amides is 3. The molecule has 0 unspecified atom stereocenters. The second-order valence-corrected chi connectivity index (χ2v) is 39.3. The molecule has 0 bridgehead atoms. The number of thiocarbonyl (C=S) groups is 1. The Balaban J connectivity index is 0.000000417. The summed E-state index contributed by atoms with van der Waals surface area (Å²) >= 11 is 26.1. The number of carbonyl (C=O) groups is 4. The van der Waals surface area contributed by atoms with Gasteiger partial charge in [-0.3, -0.25) is 29.9 Å². The van der Waals surface area contributed by atoms with E-state index in [4.69, 9.17) is 52.1 Å². The lowest BCUT2D eigenvalue weighted by Crippen LogP contribution is -2.49. The molecule has 0 saturated carbocycles. The number of aryl methyl sites for hydroxylation is 1. The van der Waals surface area contributed by atoms with E-state index >= 15 is 0 Å². The summed E-state index contributed by atoms with van der Waals surface area (Å²) in [5, 5.41) is 11.9. The number of nitrogens with two attached hydrogens (primary N) is 2. The summed E-state index contributed by atoms with van der Waals surface area (Å²) in [6, 6.07) is 32.9. The number of alkyl carbamates (subject to hydrolysis) is 3. The number of aldehydes is 1. The largest absolute Gasteiger partial charge is 0.497 e. The van der Waals surface area contributed by atoms with Crippen LogP contribution in [-0.2, 0) is 65.3 Å². The van der Waals surface area contributed by atoms with Gasteiger partial charge in [0.15, 0.2) is 5.11 Å². The fourth-order valence-electron chi connectivity index (χ4n) is 11.4. The van der Waals surface area contributed by atoms with E-state index in [2.05, 4.69) is 160 Å². The van der Waals surface area contributed by atoms with Crippen molar-refractivity contribution in [2.24, 2.45) is 11.5 Å². The van der Waals surface area contributed by atoms with E-state index in [9.17, 15) is 45.5 Å². The van der Waals surface area contributed by atoms with Crippen molar-refractivity contribution in [3.63, 3.8) is 0 Å². The highest BCUT2D eigenvalue weighted by Gasteiger charge is 2.37. The molecule has 2 aromatic carbocycles. The van der Waals surface area contributed by atoms with Crippen molar-refractivity contribution in [3.8, 4) is 17.2 Å². The monoisotopic (exact) mass is 2190 g/mol. The highest BCUT2D eigenvalue weighted by Crippen LogP contribution is 2.35. The summed E-state index contributed by atoms with van der Waals surface area (Å²) in [5.41, 5.74) is 11.9. The normalized spacial score (nSPS) is 13.7. The van der Waals surface area contributed by atoms with E-state index in [0.29, 0.717) is 58.9 Å². The maximum atomic E-state index is 13.2. The Morgan fingerprint density at radius 2 is 0.690 bits per heavy atom. The number of pyridine rings is 6. The maximum absolute atomic E-state index is 13.2. The molecule has 8 N–H and O–H groups in total. The summed E-state index contributed by atoms with van der Waals surface area (Å²) in [5.74, 6) is 2.07. The topological polar surface area (TPSA) is 304 Å². The lowest BCUT2D eigenvalue weighted by molar-refractivity contribution is -0.109. The Morgan fingerprint density at radius 1 is 0.403 bits per heavy atom. The predicted octanol–water partition coefficient (Wildman–Crippen LogP) is 25.0. The van der Waals surface area contributed by atoms with Gasteiger partial charge in [0.25, 0.3) is 18.2 Å². The maximum Gasteiger partial charge on any atom is 0.408 e. The lowest BCUT2D eigenvalue weighted by atomic mass is 9.93. The number of halogens is 12. The van der Waals surface area contributed by atoms with Crippen molar-refractivity contribution < 1.29 is 73.9 Å². The molecule has 0 aliphatic carbocycles. The van der Waals surface area contributed by atoms with Crippen LogP contribution in [0.15, 0.2) is 235 Å². The number of rotatable bonds is 29. The third-order valence-corrected chi connectivity index (χ3v) is 21.5. The molecule has 0 saturated heterocycles. The molecule has 8 aromatic rings. The van der Waals surface area contributed by atoms with Gasteiger partial charge in [-0.2, -0.15) is 26.3 Å². The molecule has 6 aromatic heterocycles. The molecule has 6 atom stereocenters. The van der Waals surface area contributed by atoms with E-state index in [1.54, 1.807) is 176 Å². The molecular weight excluding hydrogens is 2080 g/mol. The average Bonchev–Trinajstić information content (AvgIpc) is 0.830. The van der Waals surface area contributed by atoms with Gasteiger partial charge in [0.1, 0.15) is 40.3 Å². The standard InChI is InChI=1S/C29H32BrF2N3O3S.C15H19BrF2N2O2.C15H21BrN2O2.C14H19BrN2O3.C10H11BrF2N2.C10H13BrN2/c1-19-14-23(36-3)8-6-20(19)17-35(18-21-7-9-24(37-4)16-25(21)38-5)28(39)34-29(2,12-10-27(31)32)26-15-22(30)11-13-33-26;1-14(2,3)22-13(21)20-15(4,7-5-12(17)18)11-9-10(16)6-8-19-11;1-6-8-15(5,12-10-11(16)7-9-17-12)18-13(19)20-14(2,3)4;1-13(2,3)20-12(19)17-14(4,6-8-18)11-9-10(15)5-7-16-11;1-10(14,4-2-9(12)13)8-6-7(11)3-5-15-8;1-3-5-10(2,12)9-7-8(11)4-6-13-9/h6-11,13-16H,12,17-18H2,1-5H3,(H,34,39);5-6,8-9H,7H2,1-4H3,(H,20,21);6-7,9-10H,1,8H2,2-5H3,(H,18,19);5,7-9H,6H2,1-4H3,(H,17,19);2-3,5-6H,4,14H2,1H3;3-4,6-7H,1,5,12H2,2H3/t29-;2*15-;14-;2*10-/m000000/s1. The second-order valence-electron chi connectivity index (χ2n) is 33.4. The second kappa shape index (κ2) is 52.9. The van der Waals surface area contributed by atoms with Crippen LogP contribution in [0, 0.1) is 6.92 Å². The third-order valence-electron chi connectivity index (χ3n) is 18.2. The average molecular weight is 2200 g/mol. The SMILES string of the molecule is C=CC[C@](C)(N)c1cc(Br)ccn1.C=CC[C@](C)(NC(=O)OC(C)(C)C)c1cc(Br)ccn1.CC(C)(C)OC(=O)N[C@@](C)(CC=C(F)F)c1cc(Br)ccn1.CC(C)(C)OC(=O)N[C@@](C)(CC=O)c1cc(Br)ccn1.COc1ccc(CN(Cc2ccc(OC)cc2OC)C(=S)N[C@@](C)(CC=C(F)F)c2cc(Br)ccn2)c(C)c1.C[C@](N)(CC=C(F)F)c1cc(Br)ccn1. The van der Waals surface area contributed by atoms with Crippen LogP contribution < -0.4 is 46.9 Å². The lowest BCUT2D eigenvalue weighted by Gasteiger charge is -2.35. The highest BCUT2D eigenvalue weighted by atomic mass is 79.9. The zero-order chi connectivity index (χ0) is 97.7. The Kier molecular flexibility index (Phi) is 46.8. The zero-order valence-electron chi connectivity index (χ0n) is 75.7. The number of methoxy groups -OCH3 is 3. The molecule has 129 heavy (non-hydrogen) atoms. The van der Waals surface area contributed by atoms with Crippen molar-refractivity contribution in [1.82, 2.24) is 56.1 Å². The van der Waals surface area contributed by atoms with Gasteiger partial charge in [-0.15, -0.1) is 13.2 Å². The van der Waals surface area contributed by atoms with Crippen LogP contribution in [0.25, 0.3) is 0 Å². The fraction of sp³-hybridized carbons (Fsp3) is 0.387. The number of benzene rings is 2. The van der Waals surface area contributed by atoms with Crippen molar-refractivity contribution in [3.05, 3.63) is 286 Å². The quantitative estimate of drug-likeness (QED) is 0.00834. The summed E-state index contributed by atoms with van der Waals surface area (Å²) in [4.78, 5) is 74.3. The first-order valence-electron chi connectivity index (χ1n) is 39.8. The molecule has 0 aliphatic rings. The number of carbonyl (C=O) groups excluding carboxylic acids is 4. The molecular formula is C93H115Br6F6N13O10S. The highest BCUT2D eigenvalue weighted by molar-refractivity contribution is 9.11. The van der Waals surface area contributed by atoms with Crippen LogP contribution in [-0.4, -0.2) is 103 Å². The van der Waals surface area contributed by atoms with Crippen LogP contribution in [0.1, 0.15) is 193 Å². The molecule has 0 aliphatic heterocycles. The molecule has 8 rings (SSSR count). The van der Waals surface area contributed by atoms with Crippen molar-refractivity contribution in [1.29, 1.82) is 0 Å². The molecule has 6 heterocycles. The van der Waals surface area contributed by atoms with Crippen molar-refractivity contribution >= 4 is 137 Å². The molecule has 36 heteroatoms. The predicted molar refractivity (Wildman–Crippen MR) is 520 cm³/mol. The molecule has 0 radical (unpaired) electrons. The number of nitrogens with one attached hydrogen (secondary N) is 4. The summed E-state index contributed by atoms with van der Waals surface area (Å²) in [6.07, 6.45) is 10.8. The van der Waals surface area contributed by atoms with Crippen LogP contribution in [0.3, 0.4) is 0 Å². The van der Waals surface area contributed by atoms with Crippen molar-refractivity contribution in [2.75, 3.05) is 21.3 Å². The number of hydrogen-bond donors (Lipinski definition) is 6. The van der Waals surface area contributed by atoms with E-state index in [1.165, 1.54) is 6.20 Å². The first-order valence-corrected chi connectivity index (χ1v) is 45.0. The minimum atomic E-state index is -1.81. The van der Waals surface area contributed by atoms with Gasteiger partial charge in [0.2, 0.25) is 0 Å². The van der Waals surface area contributed by atoms with Gasteiger partial charge in [0.05, 0.1) is 88.7 Å². The number of ether oxygens (including phenoxy) is 6. The first-order chi connectivity index (χ1) is 59.9. The molecule has 0 fully saturated rings. The number of nitrogens with zero attached hydrogens (tertiary/aromatic N) is 7. The Labute approximate surface area is 809 Å². The Bertz CT molecular complexity index is 5040. The summed E-state index contributed by atoms with van der Waals surface area (Å²) in [6.45, 7) is 36.9. The summed E-state index contributed by atoms with van der Waals surface area (Å²) < 4.78 is 112. The van der Waals surface area contributed by atoms with Gasteiger partial charge >= 0.3 is 18.3 Å². The molecule has 3 amide bonds. The minimum absolute atomic E-state index is 0.0276.